The number of carbonyl (C=O) groups is 2. The lowest BCUT2D eigenvalue weighted by molar-refractivity contribution is -0.117. The van der Waals surface area contributed by atoms with Gasteiger partial charge >= 0.3 is 0 Å². The third-order valence-corrected chi connectivity index (χ3v) is 5.13. The molecule has 2 amide bonds. The second kappa shape index (κ2) is 8.09. The van der Waals surface area contributed by atoms with Gasteiger partial charge in [-0.15, -0.1) is 11.3 Å². The summed E-state index contributed by atoms with van der Waals surface area (Å²) in [7, 11) is 0. The summed E-state index contributed by atoms with van der Waals surface area (Å²) in [4.78, 5) is 24.2. The Morgan fingerprint density at radius 1 is 1.12 bits per heavy atom. The molecule has 1 heterocycles. The van der Waals surface area contributed by atoms with Gasteiger partial charge in [0.1, 0.15) is 0 Å². The minimum atomic E-state index is -0.607. The summed E-state index contributed by atoms with van der Waals surface area (Å²) < 4.78 is 0.833. The first-order valence-corrected chi connectivity index (χ1v) is 8.97. The summed E-state index contributed by atoms with van der Waals surface area (Å²) in [6, 6.07) is 16.3. The van der Waals surface area contributed by atoms with Gasteiger partial charge < -0.3 is 11.1 Å². The lowest BCUT2D eigenvalue weighted by atomic mass is 10.1. The van der Waals surface area contributed by atoms with Crippen molar-refractivity contribution in [2.45, 2.75) is 18.9 Å². The highest BCUT2D eigenvalue weighted by atomic mass is 32.1. The molecule has 3 aromatic rings. The molecule has 26 heavy (non-hydrogen) atoms. The molecule has 0 aliphatic heterocycles. The Balaban J connectivity index is 1.63. The topological polar surface area (TPSA) is 104 Å². The van der Waals surface area contributed by atoms with Crippen molar-refractivity contribution in [3.05, 3.63) is 65.0 Å². The van der Waals surface area contributed by atoms with Crippen LogP contribution in [0.4, 0.5) is 5.69 Å². The van der Waals surface area contributed by atoms with Gasteiger partial charge in [-0.25, -0.2) is 5.48 Å². The van der Waals surface area contributed by atoms with E-state index in [0.717, 1.165) is 22.1 Å². The van der Waals surface area contributed by atoms with Crippen LogP contribution >= 0.6 is 11.3 Å². The average Bonchev–Trinajstić information content (AvgIpc) is 3.09. The van der Waals surface area contributed by atoms with Gasteiger partial charge in [0.25, 0.3) is 5.91 Å². The molecule has 0 fully saturated rings. The normalized spacial score (nSPS) is 11.9. The molecule has 0 unspecified atom stereocenters. The third kappa shape index (κ3) is 4.26. The highest BCUT2D eigenvalue weighted by molar-refractivity contribution is 7.20. The van der Waals surface area contributed by atoms with E-state index < -0.39 is 11.9 Å². The number of benzene rings is 2. The Hall–Kier alpha value is -2.74. The minimum Gasteiger partial charge on any atom is -0.325 e. The lowest BCUT2D eigenvalue weighted by Crippen LogP contribution is -2.36. The van der Waals surface area contributed by atoms with Gasteiger partial charge in [0.05, 0.1) is 10.9 Å². The second-order valence-electron chi connectivity index (χ2n) is 5.92. The van der Waals surface area contributed by atoms with Gasteiger partial charge in [-0.3, -0.25) is 14.8 Å². The standard InChI is InChI=1S/C19H19N3O3S/c20-15(9-6-12-4-2-1-3-5-12)18(23)21-14-8-7-13-10-17(19(24)22-25)26-16(13)11-14/h1-5,7-8,10-11,15,25H,6,9,20H2,(H,21,23)(H,22,24)/t15-/m1/s1. The lowest BCUT2D eigenvalue weighted by Gasteiger charge is -2.12. The Morgan fingerprint density at radius 3 is 2.62 bits per heavy atom. The first-order chi connectivity index (χ1) is 12.6. The molecule has 0 radical (unpaired) electrons. The van der Waals surface area contributed by atoms with Crippen molar-refractivity contribution in [2.75, 3.05) is 5.32 Å². The number of nitrogens with one attached hydrogen (secondary N) is 2. The van der Waals surface area contributed by atoms with Crippen LogP contribution in [0.25, 0.3) is 10.1 Å². The SMILES string of the molecule is N[C@H](CCc1ccccc1)C(=O)Nc1ccc2cc(C(=O)NO)sc2c1. The molecule has 134 valence electrons. The largest absolute Gasteiger partial charge is 0.325 e. The van der Waals surface area contributed by atoms with E-state index in [2.05, 4.69) is 5.32 Å². The summed E-state index contributed by atoms with van der Waals surface area (Å²) in [5.41, 5.74) is 9.38. The summed E-state index contributed by atoms with van der Waals surface area (Å²) in [5.74, 6) is -0.801. The number of nitrogens with two attached hydrogens (primary N) is 1. The van der Waals surface area contributed by atoms with Crippen molar-refractivity contribution in [3.8, 4) is 0 Å². The number of amides is 2. The van der Waals surface area contributed by atoms with Gasteiger partial charge in [-0.1, -0.05) is 36.4 Å². The van der Waals surface area contributed by atoms with Gasteiger partial charge in [0.15, 0.2) is 0 Å². The summed E-state index contributed by atoms with van der Waals surface area (Å²) in [5, 5.41) is 12.4. The maximum atomic E-state index is 12.3. The van der Waals surface area contributed by atoms with E-state index in [1.165, 1.54) is 11.3 Å². The Kier molecular flexibility index (Phi) is 5.62. The van der Waals surface area contributed by atoms with Crippen LogP contribution in [0.3, 0.4) is 0 Å². The minimum absolute atomic E-state index is 0.245. The van der Waals surface area contributed by atoms with Crippen molar-refractivity contribution in [3.63, 3.8) is 0 Å². The summed E-state index contributed by atoms with van der Waals surface area (Å²) in [6.07, 6.45) is 1.29. The van der Waals surface area contributed by atoms with Gasteiger partial charge in [0.2, 0.25) is 5.91 Å². The van der Waals surface area contributed by atoms with E-state index >= 15 is 0 Å². The van der Waals surface area contributed by atoms with Crippen molar-refractivity contribution in [2.24, 2.45) is 5.73 Å². The molecule has 5 N–H and O–H groups in total. The first-order valence-electron chi connectivity index (χ1n) is 8.15. The number of thiophene rings is 1. The van der Waals surface area contributed by atoms with Crippen LogP contribution in [0.1, 0.15) is 21.7 Å². The van der Waals surface area contributed by atoms with E-state index in [1.807, 2.05) is 36.4 Å². The van der Waals surface area contributed by atoms with Crippen molar-refractivity contribution in [1.82, 2.24) is 5.48 Å². The van der Waals surface area contributed by atoms with E-state index in [9.17, 15) is 9.59 Å². The molecule has 6 nitrogen and oxygen atoms in total. The van der Waals surface area contributed by atoms with Crippen molar-refractivity contribution in [1.29, 1.82) is 0 Å². The Bertz CT molecular complexity index is 924. The number of hydroxylamine groups is 1. The predicted octanol–water partition coefficient (Wildman–Crippen LogP) is 2.92. The maximum Gasteiger partial charge on any atom is 0.284 e. The molecule has 0 saturated heterocycles. The maximum absolute atomic E-state index is 12.3. The van der Waals surface area contributed by atoms with E-state index in [1.54, 1.807) is 23.7 Å². The van der Waals surface area contributed by atoms with Crippen LogP contribution in [0.5, 0.6) is 0 Å². The van der Waals surface area contributed by atoms with Crippen LogP contribution in [-0.2, 0) is 11.2 Å². The molecular weight excluding hydrogens is 350 g/mol. The average molecular weight is 369 g/mol. The van der Waals surface area contributed by atoms with Gasteiger partial charge in [-0.05, 0) is 42.0 Å². The van der Waals surface area contributed by atoms with Crippen LogP contribution in [-0.4, -0.2) is 23.1 Å². The molecule has 0 aliphatic carbocycles. The highest BCUT2D eigenvalue weighted by Crippen LogP contribution is 2.28. The molecule has 1 atom stereocenters. The number of fused-ring (bicyclic) bond motifs is 1. The molecule has 3 rings (SSSR count). The zero-order chi connectivity index (χ0) is 18.5. The molecule has 0 bridgehead atoms. The summed E-state index contributed by atoms with van der Waals surface area (Å²) >= 11 is 1.23. The number of hydrogen-bond donors (Lipinski definition) is 4. The molecule has 2 aromatic carbocycles. The summed E-state index contributed by atoms with van der Waals surface area (Å²) in [6.45, 7) is 0. The van der Waals surface area contributed by atoms with Crippen LogP contribution in [0, 0.1) is 0 Å². The smallest absolute Gasteiger partial charge is 0.284 e. The molecule has 0 aliphatic rings. The quantitative estimate of drug-likeness (QED) is 0.396. The highest BCUT2D eigenvalue weighted by Gasteiger charge is 2.15. The monoisotopic (exact) mass is 369 g/mol. The first kappa shape index (κ1) is 18.1. The zero-order valence-electron chi connectivity index (χ0n) is 13.9. The number of rotatable bonds is 6. The molecule has 7 heteroatoms. The van der Waals surface area contributed by atoms with Gasteiger partial charge in [0, 0.05) is 10.4 Å². The van der Waals surface area contributed by atoms with Gasteiger partial charge in [-0.2, -0.15) is 0 Å². The Morgan fingerprint density at radius 2 is 1.88 bits per heavy atom. The fraction of sp³-hybridized carbons (Fsp3) is 0.158. The van der Waals surface area contributed by atoms with Crippen molar-refractivity contribution >= 4 is 38.9 Å². The van der Waals surface area contributed by atoms with E-state index in [-0.39, 0.29) is 5.91 Å². The van der Waals surface area contributed by atoms with E-state index in [4.69, 9.17) is 10.9 Å². The molecular formula is C19H19N3O3S. The molecule has 0 saturated carbocycles. The third-order valence-electron chi connectivity index (χ3n) is 4.04. The number of aryl methyl sites for hydroxylation is 1. The fourth-order valence-electron chi connectivity index (χ4n) is 2.61. The fourth-order valence-corrected chi connectivity index (χ4v) is 3.60. The van der Waals surface area contributed by atoms with Crippen molar-refractivity contribution < 1.29 is 14.8 Å². The number of anilines is 1. The van der Waals surface area contributed by atoms with Crippen LogP contribution < -0.4 is 16.5 Å². The Labute approximate surface area is 154 Å². The van der Waals surface area contributed by atoms with Crippen LogP contribution in [0.15, 0.2) is 54.6 Å². The zero-order valence-corrected chi connectivity index (χ0v) is 14.8. The number of hydrogen-bond acceptors (Lipinski definition) is 5. The number of carbonyl (C=O) groups excluding carboxylic acids is 2. The molecule has 0 spiro atoms. The van der Waals surface area contributed by atoms with E-state index in [0.29, 0.717) is 17.0 Å². The molecule has 1 aromatic heterocycles. The second-order valence-corrected chi connectivity index (χ2v) is 7.01. The van der Waals surface area contributed by atoms with Crippen LogP contribution in [0.2, 0.25) is 0 Å². The predicted molar refractivity (Wildman–Crippen MR) is 102 cm³/mol.